The van der Waals surface area contributed by atoms with Crippen molar-refractivity contribution in [1.82, 2.24) is 0 Å². The molecule has 0 saturated carbocycles. The molecule has 0 heterocycles. The Kier molecular flexibility index (Phi) is 6.03. The molecule has 0 bridgehead atoms. The van der Waals surface area contributed by atoms with Gasteiger partial charge in [0.1, 0.15) is 5.75 Å². The molecule has 2 amide bonds. The lowest BCUT2D eigenvalue weighted by Crippen LogP contribution is -2.21. The lowest BCUT2D eigenvalue weighted by atomic mass is 10.0. The molecule has 23 heavy (non-hydrogen) atoms. The van der Waals surface area contributed by atoms with Crippen molar-refractivity contribution in [2.24, 2.45) is 0 Å². The minimum Gasteiger partial charge on any atom is -0.492 e. The Balaban J connectivity index is 2.18. The van der Waals surface area contributed by atoms with E-state index in [1.165, 1.54) is 0 Å². The van der Waals surface area contributed by atoms with E-state index in [0.29, 0.717) is 18.0 Å². The maximum absolute atomic E-state index is 12.4. The Morgan fingerprint density at radius 1 is 0.913 bits per heavy atom. The summed E-state index contributed by atoms with van der Waals surface area (Å²) in [6.45, 7) is 6.64. The number of carbonyl (C=O) groups is 1. The highest BCUT2D eigenvalue weighted by Gasteiger charge is 2.11. The van der Waals surface area contributed by atoms with Gasteiger partial charge in [-0.25, -0.2) is 4.79 Å². The van der Waals surface area contributed by atoms with E-state index in [4.69, 9.17) is 4.74 Å². The lowest BCUT2D eigenvalue weighted by Gasteiger charge is -2.16. The number of carbonyl (C=O) groups excluding carboxylic acids is 1. The summed E-state index contributed by atoms with van der Waals surface area (Å²) in [4.78, 5) is 12.4. The minimum absolute atomic E-state index is 0.257. The first kappa shape index (κ1) is 16.9. The Bertz CT molecular complexity index is 646. The number of amides is 2. The third-order valence-electron chi connectivity index (χ3n) is 3.67. The highest BCUT2D eigenvalue weighted by molar-refractivity contribution is 6.01. The van der Waals surface area contributed by atoms with Crippen molar-refractivity contribution < 1.29 is 9.53 Å². The smallest absolute Gasteiger partial charge is 0.323 e. The first-order valence-corrected chi connectivity index (χ1v) is 8.10. The maximum atomic E-state index is 12.4. The average molecular weight is 312 g/mol. The van der Waals surface area contributed by atoms with E-state index in [9.17, 15) is 4.79 Å². The first-order chi connectivity index (χ1) is 11.2. The van der Waals surface area contributed by atoms with Crippen LogP contribution in [0.5, 0.6) is 5.75 Å². The van der Waals surface area contributed by atoms with Crippen LogP contribution < -0.4 is 15.4 Å². The van der Waals surface area contributed by atoms with E-state index in [-0.39, 0.29) is 6.03 Å². The molecule has 0 radical (unpaired) electrons. The molecule has 2 rings (SSSR count). The zero-order valence-electron chi connectivity index (χ0n) is 14.0. The van der Waals surface area contributed by atoms with Gasteiger partial charge in [0, 0.05) is 5.69 Å². The van der Waals surface area contributed by atoms with Gasteiger partial charge in [0.25, 0.3) is 0 Å². The number of benzene rings is 2. The summed E-state index contributed by atoms with van der Waals surface area (Å²) in [6.07, 6.45) is 1.75. The van der Waals surface area contributed by atoms with E-state index >= 15 is 0 Å². The standard InChI is InChI=1S/C19H24N2O2/c1-4-14-10-9-11-15(5-2)18(14)21-19(22)20-16-12-7-8-13-17(16)23-6-3/h7-13H,4-6H2,1-3H3,(H2,20,21,22). The van der Waals surface area contributed by atoms with E-state index in [0.717, 1.165) is 29.7 Å². The van der Waals surface area contributed by atoms with Crippen LogP contribution >= 0.6 is 0 Å². The minimum atomic E-state index is -0.257. The second-order valence-corrected chi connectivity index (χ2v) is 5.17. The number of ether oxygens (including phenoxy) is 1. The highest BCUT2D eigenvalue weighted by atomic mass is 16.5. The molecular formula is C19H24N2O2. The highest BCUT2D eigenvalue weighted by Crippen LogP contribution is 2.26. The third-order valence-corrected chi connectivity index (χ3v) is 3.67. The number of nitrogens with one attached hydrogen (secondary N) is 2. The zero-order chi connectivity index (χ0) is 16.7. The van der Waals surface area contributed by atoms with Crippen molar-refractivity contribution in [3.8, 4) is 5.75 Å². The van der Waals surface area contributed by atoms with Gasteiger partial charge >= 0.3 is 6.03 Å². The summed E-state index contributed by atoms with van der Waals surface area (Å²) < 4.78 is 5.54. The van der Waals surface area contributed by atoms with Crippen molar-refractivity contribution in [1.29, 1.82) is 0 Å². The molecule has 4 nitrogen and oxygen atoms in total. The molecule has 0 atom stereocenters. The van der Waals surface area contributed by atoms with E-state index in [1.54, 1.807) is 0 Å². The van der Waals surface area contributed by atoms with Crippen LogP contribution in [0.2, 0.25) is 0 Å². The SMILES string of the molecule is CCOc1ccccc1NC(=O)Nc1c(CC)cccc1CC. The van der Waals surface area contributed by atoms with Crippen molar-refractivity contribution in [2.75, 3.05) is 17.2 Å². The monoisotopic (exact) mass is 312 g/mol. The third kappa shape index (κ3) is 4.25. The van der Waals surface area contributed by atoms with Crippen LogP contribution in [0.15, 0.2) is 42.5 Å². The summed E-state index contributed by atoms with van der Waals surface area (Å²) >= 11 is 0. The molecule has 0 aliphatic carbocycles. The Morgan fingerprint density at radius 2 is 1.57 bits per heavy atom. The topological polar surface area (TPSA) is 50.4 Å². The molecular weight excluding hydrogens is 288 g/mol. The first-order valence-electron chi connectivity index (χ1n) is 8.10. The van der Waals surface area contributed by atoms with Crippen LogP contribution in [0.25, 0.3) is 0 Å². The summed E-state index contributed by atoms with van der Waals surface area (Å²) in [6, 6.07) is 13.3. The summed E-state index contributed by atoms with van der Waals surface area (Å²) in [5.74, 6) is 0.671. The van der Waals surface area contributed by atoms with Gasteiger partial charge in [-0.15, -0.1) is 0 Å². The van der Waals surface area contributed by atoms with Crippen LogP contribution in [0.3, 0.4) is 0 Å². The van der Waals surface area contributed by atoms with Crippen LogP contribution in [0, 0.1) is 0 Å². The number of para-hydroxylation sites is 3. The Hall–Kier alpha value is -2.49. The molecule has 0 unspecified atom stereocenters. The molecule has 4 heteroatoms. The number of hydrogen-bond acceptors (Lipinski definition) is 2. The predicted octanol–water partition coefficient (Wildman–Crippen LogP) is 4.85. The van der Waals surface area contributed by atoms with Gasteiger partial charge in [-0.2, -0.15) is 0 Å². The van der Waals surface area contributed by atoms with Gasteiger partial charge in [-0.1, -0.05) is 44.2 Å². The summed E-state index contributed by atoms with van der Waals surface area (Å²) in [5.41, 5.74) is 3.85. The lowest BCUT2D eigenvalue weighted by molar-refractivity contribution is 0.262. The molecule has 0 aromatic heterocycles. The normalized spacial score (nSPS) is 10.2. The largest absolute Gasteiger partial charge is 0.492 e. The van der Waals surface area contributed by atoms with Crippen LogP contribution in [-0.4, -0.2) is 12.6 Å². The van der Waals surface area contributed by atoms with Crippen LogP contribution in [-0.2, 0) is 12.8 Å². The van der Waals surface area contributed by atoms with Gasteiger partial charge in [-0.3, -0.25) is 0 Å². The van der Waals surface area contributed by atoms with Crippen molar-refractivity contribution in [2.45, 2.75) is 33.6 Å². The summed E-state index contributed by atoms with van der Waals surface area (Å²) in [5, 5.41) is 5.86. The van der Waals surface area contributed by atoms with E-state index in [1.807, 2.05) is 49.4 Å². The van der Waals surface area contributed by atoms with Gasteiger partial charge < -0.3 is 15.4 Å². The van der Waals surface area contributed by atoms with Gasteiger partial charge in [0.2, 0.25) is 0 Å². The Morgan fingerprint density at radius 3 is 2.17 bits per heavy atom. The van der Waals surface area contributed by atoms with Crippen LogP contribution in [0.4, 0.5) is 16.2 Å². The van der Waals surface area contributed by atoms with Gasteiger partial charge in [0.15, 0.2) is 0 Å². The van der Waals surface area contributed by atoms with Crippen molar-refractivity contribution in [3.05, 3.63) is 53.6 Å². The zero-order valence-corrected chi connectivity index (χ0v) is 14.0. The second-order valence-electron chi connectivity index (χ2n) is 5.17. The van der Waals surface area contributed by atoms with Gasteiger partial charge in [0.05, 0.1) is 12.3 Å². The molecule has 2 aromatic carbocycles. The number of aryl methyl sites for hydroxylation is 2. The van der Waals surface area contributed by atoms with Crippen molar-refractivity contribution in [3.63, 3.8) is 0 Å². The fourth-order valence-electron chi connectivity index (χ4n) is 2.52. The van der Waals surface area contributed by atoms with Gasteiger partial charge in [-0.05, 0) is 43.0 Å². The van der Waals surface area contributed by atoms with E-state index in [2.05, 4.69) is 24.5 Å². The average Bonchev–Trinajstić information content (AvgIpc) is 2.57. The molecule has 0 saturated heterocycles. The predicted molar refractivity (Wildman–Crippen MR) is 95.5 cm³/mol. The molecule has 122 valence electrons. The molecule has 0 aliphatic heterocycles. The Labute approximate surface area is 137 Å². The number of urea groups is 1. The maximum Gasteiger partial charge on any atom is 0.323 e. The number of anilines is 2. The molecule has 2 N–H and O–H groups in total. The number of hydrogen-bond donors (Lipinski definition) is 2. The molecule has 0 aliphatic rings. The quantitative estimate of drug-likeness (QED) is 0.800. The van der Waals surface area contributed by atoms with E-state index < -0.39 is 0 Å². The molecule has 0 spiro atoms. The molecule has 2 aromatic rings. The second kappa shape index (κ2) is 8.22. The number of rotatable bonds is 6. The fraction of sp³-hybridized carbons (Fsp3) is 0.316. The fourth-order valence-corrected chi connectivity index (χ4v) is 2.52. The van der Waals surface area contributed by atoms with Crippen molar-refractivity contribution >= 4 is 17.4 Å². The molecule has 0 fully saturated rings. The summed E-state index contributed by atoms with van der Waals surface area (Å²) in [7, 11) is 0. The van der Waals surface area contributed by atoms with Crippen LogP contribution in [0.1, 0.15) is 31.9 Å².